The maximum Gasteiger partial charge on any atom is 0.411 e. The Hall–Kier alpha value is -3.32. The summed E-state index contributed by atoms with van der Waals surface area (Å²) in [7, 11) is -2.88. The van der Waals surface area contributed by atoms with E-state index in [0.717, 1.165) is 16.6 Å². The van der Waals surface area contributed by atoms with Crippen molar-refractivity contribution >= 4 is 36.8 Å². The summed E-state index contributed by atoms with van der Waals surface area (Å²) in [5.74, 6) is -0.836. The Morgan fingerprint density at radius 2 is 1.55 bits per heavy atom. The number of hydrogen-bond donors (Lipinski definition) is 0. The van der Waals surface area contributed by atoms with Crippen LogP contribution in [0, 0.1) is 5.92 Å². The van der Waals surface area contributed by atoms with Crippen molar-refractivity contribution < 1.29 is 23.5 Å². The van der Waals surface area contributed by atoms with Gasteiger partial charge in [0.05, 0.1) is 12.6 Å². The molecule has 0 bridgehead atoms. The molecule has 1 amide bonds. The number of benzene rings is 2. The van der Waals surface area contributed by atoms with Crippen LogP contribution >= 0.6 is 0 Å². The van der Waals surface area contributed by atoms with Crippen LogP contribution < -0.4 is 10.4 Å². The molecule has 0 aliphatic carbocycles. The van der Waals surface area contributed by atoms with Gasteiger partial charge in [-0.1, -0.05) is 87.5 Å². The van der Waals surface area contributed by atoms with Crippen molar-refractivity contribution in [1.82, 2.24) is 4.90 Å². The number of nitrogens with zero attached hydrogens (tertiary/aromatic N) is 3. The second-order valence-corrected chi connectivity index (χ2v) is 16.0. The molecule has 0 unspecified atom stereocenters. The van der Waals surface area contributed by atoms with E-state index in [1.165, 1.54) is 4.90 Å². The number of ketones is 1. The number of likely N-dealkylation sites (tertiary alicyclic amines) is 1. The lowest BCUT2D eigenvalue weighted by Gasteiger charge is -2.44. The highest BCUT2D eigenvalue weighted by atomic mass is 28.4. The van der Waals surface area contributed by atoms with E-state index in [1.807, 2.05) is 36.4 Å². The summed E-state index contributed by atoms with van der Waals surface area (Å²) in [6.45, 7) is 16.0. The van der Waals surface area contributed by atoms with Crippen molar-refractivity contribution in [2.45, 2.75) is 70.7 Å². The molecule has 1 saturated heterocycles. The van der Waals surface area contributed by atoms with Crippen LogP contribution in [0.1, 0.15) is 48.0 Å². The summed E-state index contributed by atoms with van der Waals surface area (Å²) in [6.07, 6.45) is 2.37. The third kappa shape index (κ3) is 6.04. The summed E-state index contributed by atoms with van der Waals surface area (Å²) >= 11 is 0. The van der Waals surface area contributed by atoms with Gasteiger partial charge in [0.1, 0.15) is 11.6 Å². The SMILES string of the molecule is C=C[C@@H]1C[C@@H](CO[Si](c2ccccc2)(c2ccccc2)C(C)(C)C)N(C(=O)OC(C)(C)C)[C@H]1C(=O)C=[N+]=[N-]. The van der Waals surface area contributed by atoms with Crippen LogP contribution in [0.4, 0.5) is 4.79 Å². The minimum Gasteiger partial charge on any atom is -0.444 e. The molecule has 2 aromatic carbocycles. The number of amides is 1. The highest BCUT2D eigenvalue weighted by Crippen LogP contribution is 2.39. The number of Topliss-reactive ketones (excluding diaryl/α,β-unsaturated/α-hetero) is 1. The van der Waals surface area contributed by atoms with E-state index >= 15 is 0 Å². The summed E-state index contributed by atoms with van der Waals surface area (Å²) < 4.78 is 12.8. The van der Waals surface area contributed by atoms with Crippen LogP contribution in [0.15, 0.2) is 73.3 Å². The van der Waals surface area contributed by atoms with Crippen molar-refractivity contribution in [1.29, 1.82) is 0 Å². The van der Waals surface area contributed by atoms with Gasteiger partial charge in [-0.3, -0.25) is 9.69 Å². The first-order valence-electron chi connectivity index (χ1n) is 13.0. The molecule has 38 heavy (non-hydrogen) atoms. The fourth-order valence-electron chi connectivity index (χ4n) is 5.40. The Morgan fingerprint density at radius 3 is 1.97 bits per heavy atom. The van der Waals surface area contributed by atoms with Gasteiger partial charge in [0.25, 0.3) is 14.1 Å². The van der Waals surface area contributed by atoms with Gasteiger partial charge < -0.3 is 14.7 Å². The van der Waals surface area contributed by atoms with Crippen LogP contribution in [-0.2, 0) is 14.0 Å². The van der Waals surface area contributed by atoms with Crippen LogP contribution in [0.3, 0.4) is 0 Å². The van der Waals surface area contributed by atoms with Gasteiger partial charge in [0.2, 0.25) is 0 Å². The quantitative estimate of drug-likeness (QED) is 0.163. The molecule has 0 radical (unpaired) electrons. The van der Waals surface area contributed by atoms with E-state index in [-0.39, 0.29) is 17.6 Å². The zero-order valence-electron chi connectivity index (χ0n) is 23.3. The largest absolute Gasteiger partial charge is 0.444 e. The molecule has 0 aromatic heterocycles. The molecule has 7 nitrogen and oxygen atoms in total. The monoisotopic (exact) mass is 533 g/mol. The van der Waals surface area contributed by atoms with Gasteiger partial charge in [0.15, 0.2) is 0 Å². The number of hydrogen-bond acceptors (Lipinski definition) is 4. The molecule has 3 atom stereocenters. The summed E-state index contributed by atoms with van der Waals surface area (Å²) in [5.41, 5.74) is 8.30. The van der Waals surface area contributed by atoms with E-state index in [2.05, 4.69) is 56.4 Å². The van der Waals surface area contributed by atoms with Gasteiger partial charge >= 0.3 is 12.3 Å². The van der Waals surface area contributed by atoms with Crippen molar-refractivity contribution in [2.24, 2.45) is 5.92 Å². The van der Waals surface area contributed by atoms with Crippen molar-refractivity contribution in [2.75, 3.05) is 6.61 Å². The molecule has 1 fully saturated rings. The molecule has 0 spiro atoms. The maximum absolute atomic E-state index is 13.5. The normalized spacial score (nSPS) is 19.9. The molecule has 0 N–H and O–H groups in total. The highest BCUT2D eigenvalue weighted by molar-refractivity contribution is 6.99. The van der Waals surface area contributed by atoms with Crippen LogP contribution in [0.25, 0.3) is 5.53 Å². The van der Waals surface area contributed by atoms with Crippen molar-refractivity contribution in [3.8, 4) is 0 Å². The minimum atomic E-state index is -2.88. The van der Waals surface area contributed by atoms with Crippen molar-refractivity contribution in [3.63, 3.8) is 0 Å². The molecule has 0 saturated carbocycles. The third-order valence-corrected chi connectivity index (χ3v) is 11.9. The summed E-state index contributed by atoms with van der Waals surface area (Å²) in [4.78, 5) is 30.9. The zero-order chi connectivity index (χ0) is 28.1. The number of carbonyl (C=O) groups excluding carboxylic acids is 2. The average Bonchev–Trinajstić information content (AvgIpc) is 3.23. The first-order valence-corrected chi connectivity index (χ1v) is 14.9. The molecule has 1 aliphatic rings. The Labute approximate surface area is 227 Å². The lowest BCUT2D eigenvalue weighted by molar-refractivity contribution is -0.121. The third-order valence-electron chi connectivity index (χ3n) is 6.94. The molecule has 8 heteroatoms. The molecule has 2 aromatic rings. The fraction of sp³-hybridized carbons (Fsp3) is 0.433. The van der Waals surface area contributed by atoms with E-state index in [1.54, 1.807) is 26.8 Å². The maximum atomic E-state index is 13.5. The second-order valence-electron chi connectivity index (χ2n) is 11.7. The van der Waals surface area contributed by atoms with E-state index in [4.69, 9.17) is 14.7 Å². The van der Waals surface area contributed by atoms with Gasteiger partial charge in [-0.15, -0.1) is 6.58 Å². The van der Waals surface area contributed by atoms with Gasteiger partial charge in [-0.05, 0) is 42.6 Å². The van der Waals surface area contributed by atoms with Crippen LogP contribution in [0.2, 0.25) is 5.04 Å². The standard InChI is InChI=1S/C30H39N3O4Si/c1-8-22-19-23(33(27(22)26(34)20-32-31)28(35)37-29(2,3)4)21-36-38(30(5,6)7,24-15-11-9-12-16-24)25-17-13-10-14-18-25/h8-18,20,22-23,27H,1,19,21H2,2-7H3/t22-,23+,27-/m1/s1. The molecule has 202 valence electrons. The molecule has 3 rings (SSSR count). The minimum absolute atomic E-state index is 0.205. The zero-order valence-corrected chi connectivity index (χ0v) is 24.3. The fourth-order valence-corrected chi connectivity index (χ4v) is 10.0. The molecule has 1 aliphatic heterocycles. The van der Waals surface area contributed by atoms with Crippen LogP contribution in [0.5, 0.6) is 0 Å². The highest BCUT2D eigenvalue weighted by Gasteiger charge is 2.53. The lowest BCUT2D eigenvalue weighted by Crippen LogP contribution is -2.67. The molecular weight excluding hydrogens is 494 g/mol. The number of ether oxygens (including phenoxy) is 1. The number of rotatable bonds is 8. The lowest BCUT2D eigenvalue weighted by atomic mass is 9.96. The Balaban J connectivity index is 2.09. The first kappa shape index (κ1) is 29.2. The smallest absolute Gasteiger partial charge is 0.411 e. The Bertz CT molecular complexity index is 1140. The van der Waals surface area contributed by atoms with Crippen molar-refractivity contribution in [3.05, 3.63) is 78.8 Å². The van der Waals surface area contributed by atoms with E-state index in [0.29, 0.717) is 6.42 Å². The second kappa shape index (κ2) is 11.6. The van der Waals surface area contributed by atoms with Gasteiger partial charge in [0, 0.05) is 5.92 Å². The predicted molar refractivity (Wildman–Crippen MR) is 152 cm³/mol. The topological polar surface area (TPSA) is 92.2 Å². The van der Waals surface area contributed by atoms with Gasteiger partial charge in [-0.2, -0.15) is 4.79 Å². The summed E-state index contributed by atoms with van der Waals surface area (Å²) in [5, 5.41) is 2.00. The van der Waals surface area contributed by atoms with E-state index < -0.39 is 37.9 Å². The average molecular weight is 534 g/mol. The Morgan fingerprint density at radius 1 is 1.03 bits per heavy atom. The molecular formula is C30H39N3O4Si. The Kier molecular flexibility index (Phi) is 8.92. The first-order chi connectivity index (χ1) is 17.9. The number of carbonyl (C=O) groups is 2. The van der Waals surface area contributed by atoms with Crippen LogP contribution in [-0.4, -0.2) is 60.4 Å². The summed E-state index contributed by atoms with van der Waals surface area (Å²) in [6, 6.07) is 19.2. The predicted octanol–water partition coefficient (Wildman–Crippen LogP) is 4.61. The van der Waals surface area contributed by atoms with Gasteiger partial charge in [-0.25, -0.2) is 4.79 Å². The van der Waals surface area contributed by atoms with E-state index in [9.17, 15) is 9.59 Å². The molecule has 1 heterocycles.